The Morgan fingerprint density at radius 2 is 1.60 bits per heavy atom. The maximum atomic E-state index is 12.8. The van der Waals surface area contributed by atoms with Crippen LogP contribution in [-0.2, 0) is 15.0 Å². The van der Waals surface area contributed by atoms with Crippen molar-refractivity contribution in [2.45, 2.75) is 57.4 Å². The highest BCUT2D eigenvalue weighted by Gasteiger charge is 2.37. The van der Waals surface area contributed by atoms with E-state index in [4.69, 9.17) is 5.73 Å². The van der Waals surface area contributed by atoms with Gasteiger partial charge in [0.15, 0.2) is 0 Å². The van der Waals surface area contributed by atoms with E-state index in [2.05, 4.69) is 0 Å². The summed E-state index contributed by atoms with van der Waals surface area (Å²) in [7, 11) is -3.56. The van der Waals surface area contributed by atoms with Crippen molar-refractivity contribution in [3.63, 3.8) is 0 Å². The molecule has 2 N–H and O–H groups in total. The van der Waals surface area contributed by atoms with Crippen LogP contribution in [0.25, 0.3) is 0 Å². The Kier molecular flexibility index (Phi) is 5.40. The summed E-state index contributed by atoms with van der Waals surface area (Å²) < 4.78 is 28.5. The molecular formula is C13H25N3O3S. The Morgan fingerprint density at radius 3 is 2.10 bits per heavy atom. The molecular weight excluding hydrogens is 278 g/mol. The normalized spacial score (nSPS) is 23.1. The molecule has 0 aromatic carbocycles. The number of hydrogen-bond acceptors (Lipinski definition) is 3. The first-order valence-corrected chi connectivity index (χ1v) is 8.97. The molecule has 2 fully saturated rings. The van der Waals surface area contributed by atoms with E-state index in [1.54, 1.807) is 4.31 Å². The van der Waals surface area contributed by atoms with Gasteiger partial charge in [-0.3, -0.25) is 4.79 Å². The van der Waals surface area contributed by atoms with Crippen molar-refractivity contribution in [2.24, 2.45) is 5.73 Å². The quantitative estimate of drug-likeness (QED) is 0.816. The first-order chi connectivity index (χ1) is 9.51. The summed E-state index contributed by atoms with van der Waals surface area (Å²) in [6.45, 7) is 0.929. The fourth-order valence-electron chi connectivity index (χ4n) is 3.17. The molecule has 1 saturated heterocycles. The highest BCUT2D eigenvalue weighted by molar-refractivity contribution is 7.86. The van der Waals surface area contributed by atoms with Gasteiger partial charge in [-0.05, 0) is 25.7 Å². The molecule has 1 aliphatic carbocycles. The van der Waals surface area contributed by atoms with E-state index in [0.29, 0.717) is 13.1 Å². The van der Waals surface area contributed by atoms with Crippen molar-refractivity contribution >= 4 is 16.1 Å². The van der Waals surface area contributed by atoms with Gasteiger partial charge >= 0.3 is 0 Å². The third kappa shape index (κ3) is 3.71. The number of carbonyl (C=O) groups excluding carboxylic acids is 1. The smallest absolute Gasteiger partial charge is 0.282 e. The summed E-state index contributed by atoms with van der Waals surface area (Å²) in [5, 5.41) is 0. The van der Waals surface area contributed by atoms with Gasteiger partial charge in [0, 0.05) is 19.1 Å². The zero-order valence-electron chi connectivity index (χ0n) is 12.0. The van der Waals surface area contributed by atoms with Gasteiger partial charge in [-0.25, -0.2) is 0 Å². The lowest BCUT2D eigenvalue weighted by molar-refractivity contribution is -0.118. The molecule has 2 aliphatic rings. The van der Waals surface area contributed by atoms with Crippen LogP contribution in [0.15, 0.2) is 0 Å². The Labute approximate surface area is 121 Å². The second-order valence-corrected chi connectivity index (χ2v) is 7.65. The maximum Gasteiger partial charge on any atom is 0.282 e. The molecule has 1 heterocycles. The second-order valence-electron chi connectivity index (χ2n) is 5.77. The Morgan fingerprint density at radius 1 is 1.05 bits per heavy atom. The number of primary amides is 1. The molecule has 1 saturated carbocycles. The largest absolute Gasteiger partial charge is 0.369 e. The molecule has 20 heavy (non-hydrogen) atoms. The van der Waals surface area contributed by atoms with Gasteiger partial charge in [0.25, 0.3) is 10.2 Å². The fraction of sp³-hybridized carbons (Fsp3) is 0.923. The van der Waals surface area contributed by atoms with Crippen LogP contribution >= 0.6 is 0 Å². The second kappa shape index (κ2) is 6.87. The van der Waals surface area contributed by atoms with Crippen LogP contribution in [-0.4, -0.2) is 48.6 Å². The molecule has 6 nitrogen and oxygen atoms in total. The van der Waals surface area contributed by atoms with Crippen LogP contribution in [0.4, 0.5) is 0 Å². The average molecular weight is 303 g/mol. The molecule has 1 aliphatic heterocycles. The molecule has 0 radical (unpaired) electrons. The van der Waals surface area contributed by atoms with E-state index in [9.17, 15) is 13.2 Å². The zero-order chi connectivity index (χ0) is 14.6. The summed E-state index contributed by atoms with van der Waals surface area (Å²) in [5.41, 5.74) is 5.25. The minimum Gasteiger partial charge on any atom is -0.369 e. The minimum atomic E-state index is -3.56. The molecule has 0 aromatic rings. The molecule has 0 unspecified atom stereocenters. The van der Waals surface area contributed by atoms with Gasteiger partial charge < -0.3 is 5.73 Å². The third-order valence-corrected chi connectivity index (χ3v) is 6.27. The maximum absolute atomic E-state index is 12.8. The van der Waals surface area contributed by atoms with E-state index in [0.717, 1.165) is 51.4 Å². The lowest BCUT2D eigenvalue weighted by atomic mass is 10.2. The Hall–Kier alpha value is -0.660. The topological polar surface area (TPSA) is 83.7 Å². The van der Waals surface area contributed by atoms with Crippen molar-refractivity contribution in [1.29, 1.82) is 0 Å². The van der Waals surface area contributed by atoms with Crippen LogP contribution in [0, 0.1) is 0 Å². The standard InChI is InChI=1S/C13H25N3O3S/c14-13(17)11-16(12-7-3-4-8-12)20(18,19)15-9-5-1-2-6-10-15/h12H,1-11H2,(H2,14,17). The number of amides is 1. The van der Waals surface area contributed by atoms with E-state index in [1.165, 1.54) is 4.31 Å². The SMILES string of the molecule is NC(=O)CN(C1CCCC1)S(=O)(=O)N1CCCCCC1. The summed E-state index contributed by atoms with van der Waals surface area (Å²) >= 11 is 0. The first-order valence-electron chi connectivity index (χ1n) is 7.57. The highest BCUT2D eigenvalue weighted by Crippen LogP contribution is 2.27. The van der Waals surface area contributed by atoms with Crippen molar-refractivity contribution in [1.82, 2.24) is 8.61 Å². The van der Waals surface area contributed by atoms with E-state index >= 15 is 0 Å². The van der Waals surface area contributed by atoms with E-state index in [-0.39, 0.29) is 12.6 Å². The van der Waals surface area contributed by atoms with Crippen LogP contribution < -0.4 is 5.73 Å². The number of carbonyl (C=O) groups is 1. The van der Waals surface area contributed by atoms with Crippen molar-refractivity contribution in [2.75, 3.05) is 19.6 Å². The van der Waals surface area contributed by atoms with Crippen LogP contribution in [0.2, 0.25) is 0 Å². The van der Waals surface area contributed by atoms with Crippen LogP contribution in [0.5, 0.6) is 0 Å². The molecule has 2 rings (SSSR count). The number of nitrogens with two attached hydrogens (primary N) is 1. The van der Waals surface area contributed by atoms with Crippen molar-refractivity contribution < 1.29 is 13.2 Å². The molecule has 0 spiro atoms. The molecule has 0 aromatic heterocycles. The van der Waals surface area contributed by atoms with Crippen LogP contribution in [0.3, 0.4) is 0 Å². The molecule has 116 valence electrons. The molecule has 0 bridgehead atoms. The van der Waals surface area contributed by atoms with Gasteiger partial charge in [0.05, 0.1) is 6.54 Å². The lowest BCUT2D eigenvalue weighted by Gasteiger charge is -2.32. The highest BCUT2D eigenvalue weighted by atomic mass is 32.2. The molecule has 7 heteroatoms. The van der Waals surface area contributed by atoms with E-state index in [1.807, 2.05) is 0 Å². The summed E-state index contributed by atoms with van der Waals surface area (Å²) in [6.07, 6.45) is 7.66. The first kappa shape index (κ1) is 15.7. The predicted molar refractivity (Wildman–Crippen MR) is 77.1 cm³/mol. The lowest BCUT2D eigenvalue weighted by Crippen LogP contribution is -2.51. The number of hydrogen-bond donors (Lipinski definition) is 1. The van der Waals surface area contributed by atoms with Gasteiger partial charge in [0.2, 0.25) is 5.91 Å². The zero-order valence-corrected chi connectivity index (χ0v) is 12.8. The summed E-state index contributed by atoms with van der Waals surface area (Å²) in [4.78, 5) is 11.3. The Bertz CT molecular complexity index is 424. The minimum absolute atomic E-state index is 0.0595. The third-order valence-electron chi connectivity index (χ3n) is 4.23. The van der Waals surface area contributed by atoms with Gasteiger partial charge in [-0.1, -0.05) is 25.7 Å². The van der Waals surface area contributed by atoms with Crippen LogP contribution in [0.1, 0.15) is 51.4 Å². The fourth-order valence-corrected chi connectivity index (χ4v) is 5.06. The summed E-state index contributed by atoms with van der Waals surface area (Å²) in [6, 6.07) is -0.0595. The number of rotatable bonds is 5. The van der Waals surface area contributed by atoms with Crippen molar-refractivity contribution in [3.05, 3.63) is 0 Å². The summed E-state index contributed by atoms with van der Waals surface area (Å²) in [5.74, 6) is -0.574. The molecule has 0 atom stereocenters. The molecule has 1 amide bonds. The van der Waals surface area contributed by atoms with Gasteiger partial charge in [-0.15, -0.1) is 0 Å². The predicted octanol–water partition coefficient (Wildman–Crippen LogP) is 0.837. The monoisotopic (exact) mass is 303 g/mol. The van der Waals surface area contributed by atoms with Gasteiger partial charge in [0.1, 0.15) is 0 Å². The van der Waals surface area contributed by atoms with Crippen molar-refractivity contribution in [3.8, 4) is 0 Å². The average Bonchev–Trinajstić information content (AvgIpc) is 2.76. The van der Waals surface area contributed by atoms with Gasteiger partial charge in [-0.2, -0.15) is 17.0 Å². The van der Waals surface area contributed by atoms with E-state index < -0.39 is 16.1 Å². The Balaban J connectivity index is 2.17. The number of nitrogens with zero attached hydrogens (tertiary/aromatic N) is 2.